The average molecular weight is 276 g/mol. The Hall–Kier alpha value is -0.980. The second-order valence-corrected chi connectivity index (χ2v) is 6.11. The molecule has 1 N–H and O–H groups in total. The van der Waals surface area contributed by atoms with E-state index in [0.717, 1.165) is 0 Å². The molecule has 1 heteroatoms. The van der Waals surface area contributed by atoms with Crippen LogP contribution in [0, 0.1) is 0 Å². The lowest BCUT2D eigenvalue weighted by Crippen LogP contribution is -2.26. The van der Waals surface area contributed by atoms with Crippen LogP contribution in [0.1, 0.15) is 84.1 Å². The third-order valence-electron chi connectivity index (χ3n) is 4.50. The summed E-state index contributed by atoms with van der Waals surface area (Å²) in [5, 5.41) is 10.3. The molecular weight excluding hydrogens is 244 g/mol. The summed E-state index contributed by atoms with van der Waals surface area (Å²) in [7, 11) is 0. The zero-order chi connectivity index (χ0) is 14.8. The topological polar surface area (TPSA) is 20.2 Å². The highest BCUT2D eigenvalue weighted by atomic mass is 16.3. The summed E-state index contributed by atoms with van der Waals surface area (Å²) >= 11 is 0. The van der Waals surface area contributed by atoms with Gasteiger partial charge in [0, 0.05) is 5.56 Å². The summed E-state index contributed by atoms with van der Waals surface area (Å²) in [5.41, 5.74) is 1.38. The first-order valence-corrected chi connectivity index (χ1v) is 8.48. The molecule has 0 saturated heterocycles. The molecule has 0 saturated carbocycles. The molecule has 0 fully saturated rings. The smallest absolute Gasteiger partial charge is 0.119 e. The molecule has 0 spiro atoms. The van der Waals surface area contributed by atoms with Crippen molar-refractivity contribution in [3.05, 3.63) is 29.8 Å². The molecule has 1 aromatic rings. The van der Waals surface area contributed by atoms with Crippen molar-refractivity contribution in [2.24, 2.45) is 0 Å². The van der Waals surface area contributed by atoms with Gasteiger partial charge in [0.1, 0.15) is 5.75 Å². The van der Waals surface area contributed by atoms with Gasteiger partial charge in [0.05, 0.1) is 0 Å². The maximum Gasteiger partial charge on any atom is 0.119 e. The van der Waals surface area contributed by atoms with Crippen molar-refractivity contribution in [2.45, 2.75) is 84.0 Å². The van der Waals surface area contributed by atoms with E-state index in [1.165, 1.54) is 63.4 Å². The summed E-state index contributed by atoms with van der Waals surface area (Å²) < 4.78 is 0. The van der Waals surface area contributed by atoms with Crippen LogP contribution in [-0.4, -0.2) is 5.11 Å². The van der Waals surface area contributed by atoms with Crippen LogP contribution in [0.3, 0.4) is 0 Å². The quantitative estimate of drug-likeness (QED) is 0.539. The molecule has 0 aliphatic carbocycles. The number of rotatable bonds is 10. The van der Waals surface area contributed by atoms with Crippen LogP contribution in [0.15, 0.2) is 24.3 Å². The molecule has 0 amide bonds. The van der Waals surface area contributed by atoms with Gasteiger partial charge in [-0.3, -0.25) is 0 Å². The SMILES string of the molecule is CCCCC(CCCC)(CCCC)c1ccccc1O. The van der Waals surface area contributed by atoms with E-state index >= 15 is 0 Å². The van der Waals surface area contributed by atoms with E-state index in [-0.39, 0.29) is 5.41 Å². The highest BCUT2D eigenvalue weighted by Crippen LogP contribution is 2.43. The van der Waals surface area contributed by atoms with E-state index in [0.29, 0.717) is 5.75 Å². The van der Waals surface area contributed by atoms with Crippen LogP contribution in [0.4, 0.5) is 0 Å². The van der Waals surface area contributed by atoms with Crippen molar-refractivity contribution >= 4 is 0 Å². The fourth-order valence-electron chi connectivity index (χ4n) is 3.25. The van der Waals surface area contributed by atoms with Gasteiger partial charge in [-0.2, -0.15) is 0 Å². The highest BCUT2D eigenvalue weighted by Gasteiger charge is 2.32. The van der Waals surface area contributed by atoms with Gasteiger partial charge in [0.2, 0.25) is 0 Å². The monoisotopic (exact) mass is 276 g/mol. The Kier molecular flexibility index (Phi) is 7.72. The van der Waals surface area contributed by atoms with Crippen molar-refractivity contribution < 1.29 is 5.11 Å². The lowest BCUT2D eigenvalue weighted by atomic mass is 9.69. The normalized spacial score (nSPS) is 11.8. The van der Waals surface area contributed by atoms with Crippen LogP contribution in [-0.2, 0) is 5.41 Å². The maximum atomic E-state index is 10.3. The number of para-hydroxylation sites is 1. The number of unbranched alkanes of at least 4 members (excludes halogenated alkanes) is 3. The predicted octanol–water partition coefficient (Wildman–Crippen LogP) is 6.20. The molecule has 0 aliphatic heterocycles. The number of phenols is 1. The number of hydrogen-bond donors (Lipinski definition) is 1. The Morgan fingerprint density at radius 3 is 1.65 bits per heavy atom. The number of benzene rings is 1. The van der Waals surface area contributed by atoms with Crippen molar-refractivity contribution in [2.75, 3.05) is 0 Å². The molecule has 0 aromatic heterocycles. The zero-order valence-electron chi connectivity index (χ0n) is 13.6. The van der Waals surface area contributed by atoms with Gasteiger partial charge in [-0.25, -0.2) is 0 Å². The van der Waals surface area contributed by atoms with Crippen LogP contribution in [0.25, 0.3) is 0 Å². The second-order valence-electron chi connectivity index (χ2n) is 6.11. The van der Waals surface area contributed by atoms with Crippen molar-refractivity contribution in [3.63, 3.8) is 0 Å². The summed E-state index contributed by atoms with van der Waals surface area (Å²) in [6, 6.07) is 8.01. The Morgan fingerprint density at radius 2 is 1.25 bits per heavy atom. The summed E-state index contributed by atoms with van der Waals surface area (Å²) in [6.45, 7) is 6.78. The summed E-state index contributed by atoms with van der Waals surface area (Å²) in [5.74, 6) is 0.496. The van der Waals surface area contributed by atoms with E-state index in [1.807, 2.05) is 12.1 Å². The first kappa shape index (κ1) is 17.1. The van der Waals surface area contributed by atoms with Crippen molar-refractivity contribution in [1.29, 1.82) is 0 Å². The van der Waals surface area contributed by atoms with Crippen LogP contribution >= 0.6 is 0 Å². The molecular formula is C19H32O. The Morgan fingerprint density at radius 1 is 0.800 bits per heavy atom. The molecule has 114 valence electrons. The molecule has 1 nitrogen and oxygen atoms in total. The minimum absolute atomic E-state index is 0.188. The van der Waals surface area contributed by atoms with Gasteiger partial charge >= 0.3 is 0 Å². The number of aromatic hydroxyl groups is 1. The Balaban J connectivity index is 3.08. The lowest BCUT2D eigenvalue weighted by molar-refractivity contribution is 0.298. The van der Waals surface area contributed by atoms with Gasteiger partial charge in [0.15, 0.2) is 0 Å². The first-order chi connectivity index (χ1) is 9.70. The van der Waals surface area contributed by atoms with E-state index in [9.17, 15) is 5.11 Å². The number of phenolic OH excluding ortho intramolecular Hbond substituents is 1. The van der Waals surface area contributed by atoms with Crippen LogP contribution < -0.4 is 0 Å². The zero-order valence-corrected chi connectivity index (χ0v) is 13.6. The fourth-order valence-corrected chi connectivity index (χ4v) is 3.25. The van der Waals surface area contributed by atoms with E-state index in [4.69, 9.17) is 0 Å². The second kappa shape index (κ2) is 9.05. The largest absolute Gasteiger partial charge is 0.508 e. The predicted molar refractivity (Wildman–Crippen MR) is 88.4 cm³/mol. The minimum atomic E-state index is 0.188. The van der Waals surface area contributed by atoms with Crippen LogP contribution in [0.2, 0.25) is 0 Å². The maximum absolute atomic E-state index is 10.3. The van der Waals surface area contributed by atoms with Gasteiger partial charge in [-0.15, -0.1) is 0 Å². The van der Waals surface area contributed by atoms with Crippen molar-refractivity contribution in [1.82, 2.24) is 0 Å². The molecule has 1 rings (SSSR count). The highest BCUT2D eigenvalue weighted by molar-refractivity contribution is 5.38. The third kappa shape index (κ3) is 4.54. The minimum Gasteiger partial charge on any atom is -0.508 e. The van der Waals surface area contributed by atoms with Gasteiger partial charge in [-0.1, -0.05) is 77.5 Å². The van der Waals surface area contributed by atoms with Gasteiger partial charge < -0.3 is 5.11 Å². The van der Waals surface area contributed by atoms with Gasteiger partial charge in [0.25, 0.3) is 0 Å². The van der Waals surface area contributed by atoms with Crippen LogP contribution in [0.5, 0.6) is 5.75 Å². The Labute approximate surface area is 125 Å². The standard InChI is InChI=1S/C19H32O/c1-4-7-14-19(15-8-5-2,16-9-6-3)17-12-10-11-13-18(17)20/h10-13,20H,4-9,14-16H2,1-3H3. The van der Waals surface area contributed by atoms with E-state index < -0.39 is 0 Å². The molecule has 1 aromatic carbocycles. The third-order valence-corrected chi connectivity index (χ3v) is 4.50. The molecule has 0 heterocycles. The van der Waals surface area contributed by atoms with E-state index in [2.05, 4.69) is 32.9 Å². The average Bonchev–Trinajstić information content (AvgIpc) is 2.48. The van der Waals surface area contributed by atoms with Gasteiger partial charge in [-0.05, 0) is 30.7 Å². The molecule has 0 unspecified atom stereocenters. The summed E-state index contributed by atoms with van der Waals surface area (Å²) in [6.07, 6.45) is 11.1. The molecule has 20 heavy (non-hydrogen) atoms. The van der Waals surface area contributed by atoms with Crippen molar-refractivity contribution in [3.8, 4) is 5.75 Å². The first-order valence-electron chi connectivity index (χ1n) is 8.48. The van der Waals surface area contributed by atoms with E-state index in [1.54, 1.807) is 0 Å². The molecule has 0 radical (unpaired) electrons. The molecule has 0 bridgehead atoms. The lowest BCUT2D eigenvalue weighted by Gasteiger charge is -2.35. The fraction of sp³-hybridized carbons (Fsp3) is 0.684. The summed E-state index contributed by atoms with van der Waals surface area (Å²) in [4.78, 5) is 0. The molecule has 0 aliphatic rings. The number of hydrogen-bond acceptors (Lipinski definition) is 1. The molecule has 0 atom stereocenters. The Bertz CT molecular complexity index is 348.